The normalized spacial score (nSPS) is 18.1. The van der Waals surface area contributed by atoms with Crippen LogP contribution >= 0.6 is 11.3 Å². The molecule has 1 aromatic carbocycles. The molecule has 1 N–H and O–H groups in total. The molecule has 1 aliphatic heterocycles. The van der Waals surface area contributed by atoms with Crippen LogP contribution < -0.4 is 5.32 Å². The second-order valence-electron chi connectivity index (χ2n) is 7.53. The highest BCUT2D eigenvalue weighted by Crippen LogP contribution is 2.30. The topological polar surface area (TPSA) is 45.2 Å². The number of hydrogen-bond donors (Lipinski definition) is 1. The molecular formula is C23H23F2N3OS. The molecule has 1 fully saturated rings. The first-order valence-corrected chi connectivity index (χ1v) is 10.9. The molecule has 1 amide bonds. The van der Waals surface area contributed by atoms with Crippen molar-refractivity contribution in [2.45, 2.75) is 25.4 Å². The molecule has 0 aliphatic carbocycles. The van der Waals surface area contributed by atoms with Crippen molar-refractivity contribution in [2.75, 3.05) is 13.1 Å². The Hall–Kier alpha value is -2.64. The highest BCUT2D eigenvalue weighted by atomic mass is 32.1. The number of rotatable bonds is 6. The lowest BCUT2D eigenvalue weighted by Gasteiger charge is -2.37. The van der Waals surface area contributed by atoms with Crippen LogP contribution in [0, 0.1) is 17.6 Å². The summed E-state index contributed by atoms with van der Waals surface area (Å²) < 4.78 is 27.7. The van der Waals surface area contributed by atoms with Crippen LogP contribution in [0.2, 0.25) is 0 Å². The Bertz CT molecular complexity index is 981. The number of carbonyl (C=O) groups is 1. The Morgan fingerprint density at radius 2 is 2.10 bits per heavy atom. The van der Waals surface area contributed by atoms with Crippen molar-refractivity contribution in [1.29, 1.82) is 0 Å². The summed E-state index contributed by atoms with van der Waals surface area (Å²) in [6.07, 6.45) is 3.57. The molecule has 2 aromatic heterocycles. The molecule has 4 nitrogen and oxygen atoms in total. The van der Waals surface area contributed by atoms with E-state index in [0.717, 1.165) is 31.1 Å². The second kappa shape index (κ2) is 9.45. The molecule has 3 heterocycles. The van der Waals surface area contributed by atoms with Crippen LogP contribution in [-0.4, -0.2) is 28.9 Å². The summed E-state index contributed by atoms with van der Waals surface area (Å²) in [5, 5.41) is 5.03. The lowest BCUT2D eigenvalue weighted by atomic mass is 9.88. The summed E-state index contributed by atoms with van der Waals surface area (Å²) in [6.45, 7) is 1.82. The van der Waals surface area contributed by atoms with Crippen molar-refractivity contribution in [1.82, 2.24) is 15.2 Å². The summed E-state index contributed by atoms with van der Waals surface area (Å²) in [4.78, 5) is 20.0. The molecule has 30 heavy (non-hydrogen) atoms. The van der Waals surface area contributed by atoms with Gasteiger partial charge in [-0.05, 0) is 54.9 Å². The Morgan fingerprint density at radius 3 is 2.87 bits per heavy atom. The van der Waals surface area contributed by atoms with Crippen molar-refractivity contribution in [3.05, 3.63) is 87.9 Å². The van der Waals surface area contributed by atoms with Gasteiger partial charge >= 0.3 is 0 Å². The maximum atomic E-state index is 14.1. The number of hydrogen-bond acceptors (Lipinski definition) is 4. The number of carbonyl (C=O) groups excluding carboxylic acids is 1. The average Bonchev–Trinajstić information content (AvgIpc) is 3.31. The standard InChI is InChI=1S/C23H23F2N3OS/c24-18-8-3-6-16(21(18)25)14-28-12-4-7-17(15-28)22(19-9-1-2-11-26-19)27-23(29)20-10-5-13-30-20/h1-3,5-6,8-11,13,17,22H,4,7,12,14-15H2,(H,27,29)/t17-,22+/m0/s1. The fraction of sp³-hybridized carbons (Fsp3) is 0.304. The fourth-order valence-corrected chi connectivity index (χ4v) is 4.66. The Labute approximate surface area is 178 Å². The van der Waals surface area contributed by atoms with E-state index in [1.165, 1.54) is 17.4 Å². The number of halogens is 2. The first-order chi connectivity index (χ1) is 14.6. The maximum Gasteiger partial charge on any atom is 0.261 e. The van der Waals surface area contributed by atoms with Crippen molar-refractivity contribution in [3.63, 3.8) is 0 Å². The number of pyridine rings is 1. The zero-order chi connectivity index (χ0) is 20.9. The molecular weight excluding hydrogens is 404 g/mol. The largest absolute Gasteiger partial charge is 0.343 e. The molecule has 2 atom stereocenters. The third-order valence-electron chi connectivity index (χ3n) is 5.48. The molecule has 0 saturated carbocycles. The number of thiophene rings is 1. The zero-order valence-electron chi connectivity index (χ0n) is 16.4. The summed E-state index contributed by atoms with van der Waals surface area (Å²) >= 11 is 1.40. The minimum absolute atomic E-state index is 0.117. The van der Waals surface area contributed by atoms with Gasteiger partial charge in [0.2, 0.25) is 0 Å². The summed E-state index contributed by atoms with van der Waals surface area (Å²) in [7, 11) is 0. The first-order valence-electron chi connectivity index (χ1n) is 10.0. The predicted molar refractivity (Wildman–Crippen MR) is 113 cm³/mol. The van der Waals surface area contributed by atoms with Gasteiger partial charge in [0, 0.05) is 24.8 Å². The lowest BCUT2D eigenvalue weighted by Crippen LogP contribution is -2.43. The second-order valence-corrected chi connectivity index (χ2v) is 8.48. The van der Waals surface area contributed by atoms with Gasteiger partial charge in [0.05, 0.1) is 16.6 Å². The van der Waals surface area contributed by atoms with E-state index in [1.807, 2.05) is 29.6 Å². The van der Waals surface area contributed by atoms with Crippen LogP contribution in [0.1, 0.15) is 39.8 Å². The number of nitrogens with zero attached hydrogens (tertiary/aromatic N) is 2. The minimum Gasteiger partial charge on any atom is -0.343 e. The van der Waals surface area contributed by atoms with Gasteiger partial charge in [-0.15, -0.1) is 11.3 Å². The fourth-order valence-electron chi connectivity index (χ4n) is 4.03. The van der Waals surface area contributed by atoms with Gasteiger partial charge in [0.25, 0.3) is 5.91 Å². The molecule has 0 radical (unpaired) electrons. The van der Waals surface area contributed by atoms with Gasteiger partial charge in [-0.2, -0.15) is 0 Å². The molecule has 0 spiro atoms. The zero-order valence-corrected chi connectivity index (χ0v) is 17.2. The van der Waals surface area contributed by atoms with E-state index in [9.17, 15) is 13.6 Å². The Balaban J connectivity index is 1.52. The van der Waals surface area contributed by atoms with Crippen molar-refractivity contribution in [2.24, 2.45) is 5.92 Å². The van der Waals surface area contributed by atoms with Gasteiger partial charge in [0.15, 0.2) is 11.6 Å². The average molecular weight is 428 g/mol. The predicted octanol–water partition coefficient (Wildman–Crippen LogP) is 4.80. The first kappa shape index (κ1) is 20.6. The van der Waals surface area contributed by atoms with Crippen LogP contribution in [0.5, 0.6) is 0 Å². The van der Waals surface area contributed by atoms with Gasteiger partial charge in [-0.3, -0.25) is 14.7 Å². The molecule has 7 heteroatoms. The molecule has 3 aromatic rings. The smallest absolute Gasteiger partial charge is 0.261 e. The number of aromatic nitrogens is 1. The van der Waals surface area contributed by atoms with Crippen molar-refractivity contribution >= 4 is 17.2 Å². The molecule has 0 unspecified atom stereocenters. The van der Waals surface area contributed by atoms with E-state index in [2.05, 4.69) is 15.2 Å². The monoisotopic (exact) mass is 427 g/mol. The van der Waals surface area contributed by atoms with Crippen LogP contribution in [0.3, 0.4) is 0 Å². The van der Waals surface area contributed by atoms with Crippen LogP contribution in [-0.2, 0) is 6.54 Å². The quantitative estimate of drug-likeness (QED) is 0.614. The number of amides is 1. The molecule has 1 saturated heterocycles. The van der Waals surface area contributed by atoms with Gasteiger partial charge in [0.1, 0.15) is 0 Å². The summed E-state index contributed by atoms with van der Waals surface area (Å²) in [5.41, 5.74) is 1.17. The highest BCUT2D eigenvalue weighted by Gasteiger charge is 2.31. The number of benzene rings is 1. The third-order valence-corrected chi connectivity index (χ3v) is 6.35. The summed E-state index contributed by atoms with van der Waals surface area (Å²) in [5.74, 6) is -1.61. The maximum absolute atomic E-state index is 14.1. The van der Waals surface area contributed by atoms with E-state index in [1.54, 1.807) is 18.3 Å². The van der Waals surface area contributed by atoms with E-state index < -0.39 is 11.6 Å². The van der Waals surface area contributed by atoms with Gasteiger partial charge < -0.3 is 5.32 Å². The van der Waals surface area contributed by atoms with E-state index in [-0.39, 0.29) is 17.9 Å². The molecule has 1 aliphatic rings. The minimum atomic E-state index is -0.823. The van der Waals surface area contributed by atoms with Crippen LogP contribution in [0.4, 0.5) is 8.78 Å². The van der Waals surface area contributed by atoms with E-state index in [0.29, 0.717) is 23.5 Å². The molecule has 4 rings (SSSR count). The summed E-state index contributed by atoms with van der Waals surface area (Å²) in [6, 6.07) is 13.4. The van der Waals surface area contributed by atoms with E-state index in [4.69, 9.17) is 0 Å². The van der Waals surface area contributed by atoms with Crippen LogP contribution in [0.25, 0.3) is 0 Å². The van der Waals surface area contributed by atoms with Crippen LogP contribution in [0.15, 0.2) is 60.1 Å². The highest BCUT2D eigenvalue weighted by molar-refractivity contribution is 7.12. The number of likely N-dealkylation sites (tertiary alicyclic amines) is 1. The third kappa shape index (κ3) is 4.74. The molecule has 0 bridgehead atoms. The van der Waals surface area contributed by atoms with Crippen molar-refractivity contribution in [3.8, 4) is 0 Å². The molecule has 156 valence electrons. The van der Waals surface area contributed by atoms with E-state index >= 15 is 0 Å². The Morgan fingerprint density at radius 1 is 1.20 bits per heavy atom. The number of nitrogens with one attached hydrogen (secondary N) is 1. The Kier molecular flexibility index (Phi) is 6.50. The number of piperidine rings is 1. The van der Waals surface area contributed by atoms with Gasteiger partial charge in [-0.25, -0.2) is 8.78 Å². The lowest BCUT2D eigenvalue weighted by molar-refractivity contribution is 0.0878. The van der Waals surface area contributed by atoms with Crippen molar-refractivity contribution < 1.29 is 13.6 Å². The SMILES string of the molecule is O=C(N[C@@H](c1ccccn1)[C@H]1CCCN(Cc2cccc(F)c2F)C1)c1cccs1. The van der Waals surface area contributed by atoms with Gasteiger partial charge in [-0.1, -0.05) is 24.3 Å².